The van der Waals surface area contributed by atoms with Crippen LogP contribution in [0.4, 0.5) is 10.1 Å². The van der Waals surface area contributed by atoms with Gasteiger partial charge >= 0.3 is 0 Å². The van der Waals surface area contributed by atoms with Crippen molar-refractivity contribution in [2.24, 2.45) is 0 Å². The number of hydrogen-bond acceptors (Lipinski definition) is 3. The normalized spacial score (nSPS) is 10.3. The molecule has 0 heterocycles. The first kappa shape index (κ1) is 15.7. The summed E-state index contributed by atoms with van der Waals surface area (Å²) in [7, 11) is 3.15. The van der Waals surface area contributed by atoms with Crippen LogP contribution in [0.2, 0.25) is 10.0 Å². The van der Waals surface area contributed by atoms with Gasteiger partial charge in [-0.3, -0.25) is 0 Å². The summed E-state index contributed by atoms with van der Waals surface area (Å²) in [6.45, 7) is 0.457. The molecule has 6 heteroatoms. The van der Waals surface area contributed by atoms with Crippen LogP contribution < -0.4 is 14.8 Å². The third kappa shape index (κ3) is 3.52. The maximum Gasteiger partial charge on any atom is 0.165 e. The van der Waals surface area contributed by atoms with Gasteiger partial charge in [-0.2, -0.15) is 0 Å². The van der Waals surface area contributed by atoms with Gasteiger partial charge < -0.3 is 14.8 Å². The molecule has 0 amide bonds. The largest absolute Gasteiger partial charge is 0.493 e. The average molecular weight is 330 g/mol. The molecule has 2 rings (SSSR count). The maximum absolute atomic E-state index is 13.4. The lowest BCUT2D eigenvalue weighted by molar-refractivity contribution is 0.352. The predicted molar refractivity (Wildman–Crippen MR) is 83.3 cm³/mol. The Morgan fingerprint density at radius 3 is 2.33 bits per heavy atom. The topological polar surface area (TPSA) is 30.5 Å². The molecule has 0 saturated carbocycles. The Morgan fingerprint density at radius 2 is 1.76 bits per heavy atom. The lowest BCUT2D eigenvalue weighted by Gasteiger charge is -2.14. The first-order chi connectivity index (χ1) is 10.1. The molecule has 0 saturated heterocycles. The molecule has 2 aromatic rings. The maximum atomic E-state index is 13.4. The van der Waals surface area contributed by atoms with Gasteiger partial charge in [0.25, 0.3) is 0 Å². The van der Waals surface area contributed by atoms with Crippen LogP contribution >= 0.6 is 23.2 Å². The Kier molecular flexibility index (Phi) is 5.15. The molecular formula is C15H14Cl2FNO2. The highest BCUT2D eigenvalue weighted by Gasteiger charge is 2.11. The molecule has 0 spiro atoms. The van der Waals surface area contributed by atoms with Gasteiger partial charge in [-0.1, -0.05) is 35.3 Å². The highest BCUT2D eigenvalue weighted by molar-refractivity contribution is 6.35. The van der Waals surface area contributed by atoms with Crippen molar-refractivity contribution in [2.45, 2.75) is 6.54 Å². The van der Waals surface area contributed by atoms with E-state index in [0.29, 0.717) is 23.7 Å². The Balaban J connectivity index is 2.20. The lowest BCUT2D eigenvalue weighted by atomic mass is 10.1. The van der Waals surface area contributed by atoms with Crippen molar-refractivity contribution in [1.29, 1.82) is 0 Å². The van der Waals surface area contributed by atoms with Crippen LogP contribution in [-0.2, 0) is 6.54 Å². The molecule has 0 bridgehead atoms. The number of halogens is 3. The summed E-state index contributed by atoms with van der Waals surface area (Å²) in [4.78, 5) is 0. The Hall–Kier alpha value is -1.65. The van der Waals surface area contributed by atoms with E-state index in [-0.39, 0.29) is 10.0 Å². The second-order valence-electron chi connectivity index (χ2n) is 4.26. The average Bonchev–Trinajstić information content (AvgIpc) is 2.49. The number of hydrogen-bond donors (Lipinski definition) is 1. The molecule has 0 aromatic heterocycles. The first-order valence-corrected chi connectivity index (χ1v) is 6.90. The molecule has 0 aliphatic carbocycles. The van der Waals surface area contributed by atoms with E-state index in [0.717, 1.165) is 5.56 Å². The van der Waals surface area contributed by atoms with Gasteiger partial charge in [-0.15, -0.1) is 0 Å². The van der Waals surface area contributed by atoms with Crippen LogP contribution in [0.25, 0.3) is 0 Å². The van der Waals surface area contributed by atoms with E-state index in [1.54, 1.807) is 14.2 Å². The Bertz CT molecular complexity index is 627. The fourth-order valence-corrected chi connectivity index (χ4v) is 2.43. The first-order valence-electron chi connectivity index (χ1n) is 6.15. The van der Waals surface area contributed by atoms with E-state index in [2.05, 4.69) is 5.32 Å². The predicted octanol–water partition coefficient (Wildman–Crippen LogP) is 4.76. The quantitative estimate of drug-likeness (QED) is 0.802. The van der Waals surface area contributed by atoms with E-state index < -0.39 is 5.82 Å². The highest BCUT2D eigenvalue weighted by Crippen LogP contribution is 2.32. The van der Waals surface area contributed by atoms with Crippen molar-refractivity contribution in [3.05, 3.63) is 51.8 Å². The Labute approximate surface area is 132 Å². The van der Waals surface area contributed by atoms with E-state index in [4.69, 9.17) is 32.7 Å². The number of rotatable bonds is 5. The van der Waals surface area contributed by atoms with Crippen molar-refractivity contribution in [1.82, 2.24) is 0 Å². The van der Waals surface area contributed by atoms with Crippen molar-refractivity contribution in [3.63, 3.8) is 0 Å². The summed E-state index contributed by atoms with van der Waals surface area (Å²) in [6, 6.07) is 8.54. The second-order valence-corrected chi connectivity index (χ2v) is 5.07. The third-order valence-corrected chi connectivity index (χ3v) is 3.50. The van der Waals surface area contributed by atoms with E-state index in [1.165, 1.54) is 12.1 Å². The monoisotopic (exact) mass is 329 g/mol. The van der Waals surface area contributed by atoms with E-state index >= 15 is 0 Å². The number of nitrogens with one attached hydrogen (secondary N) is 1. The third-order valence-electron chi connectivity index (χ3n) is 2.95. The molecule has 3 nitrogen and oxygen atoms in total. The summed E-state index contributed by atoms with van der Waals surface area (Å²) < 4.78 is 23.9. The zero-order chi connectivity index (χ0) is 15.4. The van der Waals surface area contributed by atoms with Crippen LogP contribution in [0, 0.1) is 5.82 Å². The Morgan fingerprint density at radius 1 is 1.10 bits per heavy atom. The molecule has 112 valence electrons. The van der Waals surface area contributed by atoms with Gasteiger partial charge in [0.05, 0.1) is 24.3 Å². The lowest BCUT2D eigenvalue weighted by Crippen LogP contribution is -2.03. The second kappa shape index (κ2) is 6.87. The van der Waals surface area contributed by atoms with Crippen molar-refractivity contribution < 1.29 is 13.9 Å². The molecule has 0 aliphatic heterocycles. The molecular weight excluding hydrogens is 316 g/mol. The van der Waals surface area contributed by atoms with E-state index in [9.17, 15) is 4.39 Å². The molecule has 21 heavy (non-hydrogen) atoms. The standard InChI is InChI=1S/C15H14Cl2FNO2/c1-20-13-5-3-4-9(15(13)21-2)8-19-10-6-11(16)14(18)12(17)7-10/h3-7,19H,8H2,1-2H3. The fraction of sp³-hybridized carbons (Fsp3) is 0.200. The smallest absolute Gasteiger partial charge is 0.165 e. The summed E-state index contributed by atoms with van der Waals surface area (Å²) in [5.41, 5.74) is 1.52. The van der Waals surface area contributed by atoms with Gasteiger partial charge in [-0.25, -0.2) is 4.39 Å². The highest BCUT2D eigenvalue weighted by atomic mass is 35.5. The number of benzene rings is 2. The minimum absolute atomic E-state index is 0.0254. The van der Waals surface area contributed by atoms with Crippen LogP contribution in [0.3, 0.4) is 0 Å². The zero-order valence-corrected chi connectivity index (χ0v) is 13.1. The van der Waals surface area contributed by atoms with Crippen LogP contribution in [0.1, 0.15) is 5.56 Å². The summed E-state index contributed by atoms with van der Waals surface area (Å²) >= 11 is 11.5. The molecule has 2 aromatic carbocycles. The summed E-state index contributed by atoms with van der Waals surface area (Å²) in [5.74, 6) is 0.668. The summed E-state index contributed by atoms with van der Waals surface area (Å²) in [5, 5.41) is 3.07. The van der Waals surface area contributed by atoms with Crippen molar-refractivity contribution >= 4 is 28.9 Å². The van der Waals surface area contributed by atoms with Crippen molar-refractivity contribution in [2.75, 3.05) is 19.5 Å². The van der Waals surface area contributed by atoms with E-state index in [1.807, 2.05) is 18.2 Å². The zero-order valence-electron chi connectivity index (χ0n) is 11.5. The van der Waals surface area contributed by atoms with Crippen LogP contribution in [0.5, 0.6) is 11.5 Å². The summed E-state index contributed by atoms with van der Waals surface area (Å²) in [6.07, 6.45) is 0. The van der Waals surface area contributed by atoms with Gasteiger partial charge in [0.2, 0.25) is 0 Å². The molecule has 0 unspecified atom stereocenters. The number of anilines is 1. The molecule has 0 atom stereocenters. The minimum atomic E-state index is -0.622. The molecule has 1 N–H and O–H groups in total. The molecule has 0 fully saturated rings. The minimum Gasteiger partial charge on any atom is -0.493 e. The molecule has 0 aliphatic rings. The van der Waals surface area contributed by atoms with Crippen molar-refractivity contribution in [3.8, 4) is 11.5 Å². The number of ether oxygens (including phenoxy) is 2. The number of methoxy groups -OCH3 is 2. The fourth-order valence-electron chi connectivity index (χ4n) is 1.95. The van der Waals surface area contributed by atoms with Crippen LogP contribution in [0.15, 0.2) is 30.3 Å². The number of para-hydroxylation sites is 1. The van der Waals surface area contributed by atoms with Gasteiger partial charge in [-0.05, 0) is 18.2 Å². The SMILES string of the molecule is COc1cccc(CNc2cc(Cl)c(F)c(Cl)c2)c1OC. The van der Waals surface area contributed by atoms with Gasteiger partial charge in [0.15, 0.2) is 17.3 Å². The van der Waals surface area contributed by atoms with Gasteiger partial charge in [0.1, 0.15) is 0 Å². The van der Waals surface area contributed by atoms with Crippen LogP contribution in [-0.4, -0.2) is 14.2 Å². The van der Waals surface area contributed by atoms with Gasteiger partial charge in [0, 0.05) is 17.8 Å². The molecule has 0 radical (unpaired) electrons.